The van der Waals surface area contributed by atoms with E-state index in [9.17, 15) is 9.59 Å². The van der Waals surface area contributed by atoms with Gasteiger partial charge in [0.15, 0.2) is 0 Å². The molecule has 0 bridgehead atoms. The summed E-state index contributed by atoms with van der Waals surface area (Å²) in [5.74, 6) is 0.0431. The zero-order valence-electron chi connectivity index (χ0n) is 20.7. The molecule has 35 heavy (non-hydrogen) atoms. The number of piperidine rings is 2. The van der Waals surface area contributed by atoms with Crippen molar-refractivity contribution in [1.29, 1.82) is 0 Å². The molecule has 0 unspecified atom stereocenters. The van der Waals surface area contributed by atoms with Crippen LogP contribution in [0.5, 0.6) is 0 Å². The van der Waals surface area contributed by atoms with Gasteiger partial charge < -0.3 is 25.2 Å². The molecule has 4 rings (SSSR count). The lowest BCUT2D eigenvalue weighted by atomic mass is 9.99. The second-order valence-electron chi connectivity index (χ2n) is 9.49. The molecule has 0 aromatic heterocycles. The molecule has 0 saturated carbocycles. The molecule has 2 aromatic rings. The first-order valence-corrected chi connectivity index (χ1v) is 12.9. The first-order chi connectivity index (χ1) is 17.1. The molecular formula is C28H38N4O3. The van der Waals surface area contributed by atoms with Gasteiger partial charge in [-0.3, -0.25) is 4.79 Å². The fourth-order valence-electron chi connectivity index (χ4n) is 4.95. The van der Waals surface area contributed by atoms with Crippen molar-refractivity contribution in [1.82, 2.24) is 15.5 Å². The molecule has 0 atom stereocenters. The minimum Gasteiger partial charge on any atom is -0.450 e. The quantitative estimate of drug-likeness (QED) is 0.605. The van der Waals surface area contributed by atoms with Crippen LogP contribution in [0.25, 0.3) is 0 Å². The van der Waals surface area contributed by atoms with Crippen LogP contribution >= 0.6 is 0 Å². The second kappa shape index (κ2) is 12.6. The molecule has 2 amide bonds. The summed E-state index contributed by atoms with van der Waals surface area (Å²) < 4.78 is 5.12. The highest BCUT2D eigenvalue weighted by atomic mass is 16.6. The fourth-order valence-corrected chi connectivity index (χ4v) is 4.95. The number of nitrogens with one attached hydrogen (secondary N) is 2. The Kier molecular flexibility index (Phi) is 9.01. The Morgan fingerprint density at radius 3 is 2.11 bits per heavy atom. The summed E-state index contributed by atoms with van der Waals surface area (Å²) in [6, 6.07) is 19.4. The Morgan fingerprint density at radius 2 is 1.49 bits per heavy atom. The highest BCUT2D eigenvalue weighted by Gasteiger charge is 2.27. The maximum absolute atomic E-state index is 12.3. The largest absolute Gasteiger partial charge is 0.450 e. The van der Waals surface area contributed by atoms with Gasteiger partial charge in [-0.1, -0.05) is 42.5 Å². The molecule has 2 heterocycles. The second-order valence-corrected chi connectivity index (χ2v) is 9.49. The van der Waals surface area contributed by atoms with Gasteiger partial charge in [-0.15, -0.1) is 0 Å². The topological polar surface area (TPSA) is 73.9 Å². The normalized spacial score (nSPS) is 17.3. The van der Waals surface area contributed by atoms with Crippen molar-refractivity contribution in [3.63, 3.8) is 0 Å². The number of anilines is 1. The summed E-state index contributed by atoms with van der Waals surface area (Å²) in [7, 11) is 0. The summed E-state index contributed by atoms with van der Waals surface area (Å²) in [6.45, 7) is 6.43. The van der Waals surface area contributed by atoms with Crippen LogP contribution in [0.2, 0.25) is 0 Å². The SMILES string of the molecule is CCOC(=O)N1CCC(NC2CCN(c3ccc(CC(=O)NCc4ccccc4)cc3)CC2)CC1. The van der Waals surface area contributed by atoms with E-state index in [1.54, 1.807) is 0 Å². The maximum Gasteiger partial charge on any atom is 0.409 e. The molecule has 0 aliphatic carbocycles. The molecule has 2 saturated heterocycles. The zero-order valence-corrected chi connectivity index (χ0v) is 20.7. The van der Waals surface area contributed by atoms with Crippen LogP contribution in [-0.4, -0.2) is 61.8 Å². The van der Waals surface area contributed by atoms with Crippen molar-refractivity contribution in [2.75, 3.05) is 37.7 Å². The van der Waals surface area contributed by atoms with Crippen LogP contribution in [-0.2, 0) is 22.5 Å². The van der Waals surface area contributed by atoms with Gasteiger partial charge in [0.05, 0.1) is 13.0 Å². The Bertz CT molecular complexity index is 934. The number of rotatable bonds is 8. The summed E-state index contributed by atoms with van der Waals surface area (Å²) in [5, 5.41) is 6.82. The molecular weight excluding hydrogens is 440 g/mol. The third-order valence-electron chi connectivity index (χ3n) is 6.99. The average Bonchev–Trinajstić information content (AvgIpc) is 2.90. The van der Waals surface area contributed by atoms with Crippen molar-refractivity contribution in [3.8, 4) is 0 Å². The Balaban J connectivity index is 1.16. The van der Waals surface area contributed by atoms with Crippen molar-refractivity contribution in [3.05, 3.63) is 65.7 Å². The number of carbonyl (C=O) groups excluding carboxylic acids is 2. The van der Waals surface area contributed by atoms with Gasteiger partial charge in [0.25, 0.3) is 0 Å². The molecule has 7 nitrogen and oxygen atoms in total. The van der Waals surface area contributed by atoms with E-state index in [2.05, 4.69) is 39.8 Å². The van der Waals surface area contributed by atoms with Crippen LogP contribution in [0.15, 0.2) is 54.6 Å². The third kappa shape index (κ3) is 7.46. The lowest BCUT2D eigenvalue weighted by Crippen LogP contribution is -2.50. The standard InChI is InChI=1S/C28H38N4O3/c1-2-35-28(34)32-18-14-25(15-19-32)30-24-12-16-31(17-13-24)26-10-8-22(9-11-26)20-27(33)29-21-23-6-4-3-5-7-23/h3-11,24-25,30H,2,12-21H2,1H3,(H,29,33). The molecule has 7 heteroatoms. The van der Waals surface area contributed by atoms with E-state index < -0.39 is 0 Å². The summed E-state index contributed by atoms with van der Waals surface area (Å²) in [4.78, 5) is 28.4. The first kappa shape index (κ1) is 25.0. The predicted octanol–water partition coefficient (Wildman–Crippen LogP) is 3.72. The van der Waals surface area contributed by atoms with Gasteiger partial charge >= 0.3 is 6.09 Å². The van der Waals surface area contributed by atoms with Crippen LogP contribution in [0.3, 0.4) is 0 Å². The molecule has 2 aliphatic rings. The van der Waals surface area contributed by atoms with Crippen molar-refractivity contribution in [2.45, 2.75) is 57.7 Å². The van der Waals surface area contributed by atoms with Crippen molar-refractivity contribution >= 4 is 17.7 Å². The van der Waals surface area contributed by atoms with E-state index in [1.165, 1.54) is 5.69 Å². The van der Waals surface area contributed by atoms with Crippen LogP contribution in [0.4, 0.5) is 10.5 Å². The number of ether oxygens (including phenoxy) is 1. The lowest BCUT2D eigenvalue weighted by Gasteiger charge is -2.38. The minimum absolute atomic E-state index is 0.0431. The first-order valence-electron chi connectivity index (χ1n) is 12.9. The highest BCUT2D eigenvalue weighted by Crippen LogP contribution is 2.22. The van der Waals surface area contributed by atoms with Gasteiger partial charge in [0, 0.05) is 50.5 Å². The molecule has 2 aromatic carbocycles. The summed E-state index contributed by atoms with van der Waals surface area (Å²) in [6.07, 6.45) is 4.41. The summed E-state index contributed by atoms with van der Waals surface area (Å²) >= 11 is 0. The Morgan fingerprint density at radius 1 is 0.857 bits per heavy atom. The smallest absolute Gasteiger partial charge is 0.409 e. The average molecular weight is 479 g/mol. The van der Waals surface area contributed by atoms with Crippen LogP contribution < -0.4 is 15.5 Å². The minimum atomic E-state index is -0.182. The number of nitrogens with zero attached hydrogens (tertiary/aromatic N) is 2. The van der Waals surface area contributed by atoms with Gasteiger partial charge in [-0.25, -0.2) is 4.79 Å². The van der Waals surface area contributed by atoms with E-state index in [4.69, 9.17) is 4.74 Å². The number of carbonyl (C=O) groups is 2. The monoisotopic (exact) mass is 478 g/mol. The Labute approximate surface area is 208 Å². The van der Waals surface area contributed by atoms with Gasteiger partial charge in [-0.2, -0.15) is 0 Å². The molecule has 2 fully saturated rings. The molecule has 0 radical (unpaired) electrons. The van der Waals surface area contributed by atoms with Crippen LogP contribution in [0, 0.1) is 0 Å². The lowest BCUT2D eigenvalue weighted by molar-refractivity contribution is -0.120. The van der Waals surface area contributed by atoms with Crippen molar-refractivity contribution in [2.24, 2.45) is 0 Å². The van der Waals surface area contributed by atoms with E-state index >= 15 is 0 Å². The maximum atomic E-state index is 12.3. The molecule has 2 N–H and O–H groups in total. The molecule has 2 aliphatic heterocycles. The van der Waals surface area contributed by atoms with Crippen molar-refractivity contribution < 1.29 is 14.3 Å². The van der Waals surface area contributed by atoms with E-state index in [-0.39, 0.29) is 12.0 Å². The van der Waals surface area contributed by atoms with Gasteiger partial charge in [0.1, 0.15) is 0 Å². The van der Waals surface area contributed by atoms with E-state index in [0.29, 0.717) is 31.7 Å². The number of benzene rings is 2. The number of hydrogen-bond acceptors (Lipinski definition) is 5. The van der Waals surface area contributed by atoms with E-state index in [0.717, 1.165) is 63.0 Å². The summed E-state index contributed by atoms with van der Waals surface area (Å²) in [5.41, 5.74) is 3.36. The van der Waals surface area contributed by atoms with Gasteiger partial charge in [-0.05, 0) is 55.9 Å². The highest BCUT2D eigenvalue weighted by molar-refractivity contribution is 5.78. The number of hydrogen-bond donors (Lipinski definition) is 2. The molecule has 0 spiro atoms. The number of amides is 2. The van der Waals surface area contributed by atoms with E-state index in [1.807, 2.05) is 42.2 Å². The Hall–Kier alpha value is -3.06. The molecule has 188 valence electrons. The predicted molar refractivity (Wildman–Crippen MR) is 138 cm³/mol. The van der Waals surface area contributed by atoms with Crippen LogP contribution in [0.1, 0.15) is 43.7 Å². The third-order valence-corrected chi connectivity index (χ3v) is 6.99. The number of likely N-dealkylation sites (tertiary alicyclic amines) is 1. The zero-order chi connectivity index (χ0) is 24.5. The van der Waals surface area contributed by atoms with Gasteiger partial charge in [0.2, 0.25) is 5.91 Å². The fraction of sp³-hybridized carbons (Fsp3) is 0.500.